The molecule has 0 aliphatic heterocycles. The van der Waals surface area contributed by atoms with E-state index < -0.39 is 5.97 Å². The largest absolute Gasteiger partial charge is 0.481 e. The van der Waals surface area contributed by atoms with E-state index in [9.17, 15) is 4.79 Å². The van der Waals surface area contributed by atoms with Gasteiger partial charge in [-0.2, -0.15) is 5.26 Å². The third-order valence-corrected chi connectivity index (χ3v) is 3.37. The summed E-state index contributed by atoms with van der Waals surface area (Å²) in [6, 6.07) is 2.23. The zero-order chi connectivity index (χ0) is 12.2. The van der Waals surface area contributed by atoms with Crippen LogP contribution < -0.4 is 0 Å². The second-order valence-corrected chi connectivity index (χ2v) is 4.90. The number of hydrogen-bond acceptors (Lipinski definition) is 3. The van der Waals surface area contributed by atoms with Crippen LogP contribution in [0.3, 0.4) is 0 Å². The maximum absolute atomic E-state index is 10.8. The van der Waals surface area contributed by atoms with Crippen LogP contribution in [-0.2, 0) is 4.79 Å². The van der Waals surface area contributed by atoms with E-state index in [0.717, 1.165) is 25.9 Å². The minimum atomic E-state index is -0.747. The summed E-state index contributed by atoms with van der Waals surface area (Å²) in [7, 11) is 0. The summed E-state index contributed by atoms with van der Waals surface area (Å²) in [4.78, 5) is 12.9. The average molecular weight is 224 g/mol. The van der Waals surface area contributed by atoms with Gasteiger partial charge in [-0.15, -0.1) is 0 Å². The van der Waals surface area contributed by atoms with Gasteiger partial charge < -0.3 is 10.0 Å². The van der Waals surface area contributed by atoms with E-state index in [4.69, 9.17) is 10.4 Å². The van der Waals surface area contributed by atoms with Crippen LogP contribution in [0.15, 0.2) is 0 Å². The minimum absolute atomic E-state index is 0.170. The van der Waals surface area contributed by atoms with Crippen molar-refractivity contribution >= 4 is 5.97 Å². The van der Waals surface area contributed by atoms with E-state index in [-0.39, 0.29) is 11.3 Å². The molecule has 1 atom stereocenters. The molecule has 4 nitrogen and oxygen atoms in total. The molecule has 4 heteroatoms. The minimum Gasteiger partial charge on any atom is -0.481 e. The highest BCUT2D eigenvalue weighted by Gasteiger charge is 2.43. The summed E-state index contributed by atoms with van der Waals surface area (Å²) in [6.07, 6.45) is 2.82. The summed E-state index contributed by atoms with van der Waals surface area (Å²) in [5, 5.41) is 17.6. The lowest BCUT2D eigenvalue weighted by atomic mass is 10.0. The summed E-state index contributed by atoms with van der Waals surface area (Å²) >= 11 is 0. The van der Waals surface area contributed by atoms with Crippen molar-refractivity contribution in [3.63, 3.8) is 0 Å². The first-order valence-corrected chi connectivity index (χ1v) is 5.85. The lowest BCUT2D eigenvalue weighted by molar-refractivity contribution is -0.141. The number of hydrogen-bond donors (Lipinski definition) is 1. The molecule has 1 saturated carbocycles. The maximum atomic E-state index is 10.8. The Balaban J connectivity index is 2.44. The van der Waals surface area contributed by atoms with Crippen molar-refractivity contribution in [2.75, 3.05) is 19.6 Å². The van der Waals surface area contributed by atoms with Crippen molar-refractivity contribution in [2.45, 2.75) is 33.1 Å². The Hall–Kier alpha value is -1.08. The zero-order valence-electron chi connectivity index (χ0n) is 10.1. The maximum Gasteiger partial charge on any atom is 0.307 e. The van der Waals surface area contributed by atoms with Gasteiger partial charge in [0, 0.05) is 19.5 Å². The Morgan fingerprint density at radius 1 is 1.62 bits per heavy atom. The SMILES string of the molecule is CCN(CC(C)C(=O)O)CC1(CC#N)CC1. The topological polar surface area (TPSA) is 64.3 Å². The fourth-order valence-electron chi connectivity index (χ4n) is 1.98. The molecule has 0 amide bonds. The fourth-order valence-corrected chi connectivity index (χ4v) is 1.98. The Bertz CT molecular complexity index is 292. The van der Waals surface area contributed by atoms with Crippen LogP contribution in [0.4, 0.5) is 0 Å². The van der Waals surface area contributed by atoms with Gasteiger partial charge in [0.2, 0.25) is 0 Å². The third kappa shape index (κ3) is 3.49. The van der Waals surface area contributed by atoms with Gasteiger partial charge >= 0.3 is 5.97 Å². The molecule has 90 valence electrons. The molecule has 1 aliphatic rings. The molecule has 16 heavy (non-hydrogen) atoms. The van der Waals surface area contributed by atoms with Crippen LogP contribution in [-0.4, -0.2) is 35.6 Å². The molecular weight excluding hydrogens is 204 g/mol. The Morgan fingerprint density at radius 3 is 2.62 bits per heavy atom. The number of carboxylic acids is 1. The average Bonchev–Trinajstić information content (AvgIpc) is 2.97. The second kappa shape index (κ2) is 5.31. The quantitative estimate of drug-likeness (QED) is 0.715. The van der Waals surface area contributed by atoms with Crippen LogP contribution in [0.5, 0.6) is 0 Å². The number of nitrogens with zero attached hydrogens (tertiary/aromatic N) is 2. The van der Waals surface area contributed by atoms with Gasteiger partial charge in [-0.05, 0) is 24.8 Å². The highest BCUT2D eigenvalue weighted by atomic mass is 16.4. The van der Waals surface area contributed by atoms with Crippen molar-refractivity contribution in [3.05, 3.63) is 0 Å². The highest BCUT2D eigenvalue weighted by molar-refractivity contribution is 5.69. The Kier molecular flexibility index (Phi) is 4.31. The lowest BCUT2D eigenvalue weighted by Crippen LogP contribution is -2.36. The number of aliphatic carboxylic acids is 1. The van der Waals surface area contributed by atoms with Gasteiger partial charge in [-0.1, -0.05) is 13.8 Å². The fraction of sp³-hybridized carbons (Fsp3) is 0.833. The molecule has 0 aromatic heterocycles. The molecule has 0 saturated heterocycles. The summed E-state index contributed by atoms with van der Waals surface area (Å²) < 4.78 is 0. The van der Waals surface area contributed by atoms with Crippen molar-refractivity contribution < 1.29 is 9.90 Å². The van der Waals surface area contributed by atoms with E-state index in [1.54, 1.807) is 6.92 Å². The number of rotatable bonds is 7. The van der Waals surface area contributed by atoms with Crippen LogP contribution >= 0.6 is 0 Å². The molecule has 0 bridgehead atoms. The van der Waals surface area contributed by atoms with Crippen LogP contribution in [0, 0.1) is 22.7 Å². The Morgan fingerprint density at radius 2 is 2.25 bits per heavy atom. The van der Waals surface area contributed by atoms with E-state index in [0.29, 0.717) is 13.0 Å². The van der Waals surface area contributed by atoms with Gasteiger partial charge in [0.25, 0.3) is 0 Å². The molecule has 1 unspecified atom stereocenters. The molecule has 0 spiro atoms. The van der Waals surface area contributed by atoms with Crippen LogP contribution in [0.1, 0.15) is 33.1 Å². The molecule has 0 radical (unpaired) electrons. The molecule has 1 N–H and O–H groups in total. The van der Waals surface area contributed by atoms with E-state index in [1.165, 1.54) is 0 Å². The zero-order valence-corrected chi connectivity index (χ0v) is 10.1. The molecule has 1 fully saturated rings. The standard InChI is InChI=1S/C12H20N2O2/c1-3-14(8-10(2)11(15)16)9-12(4-5-12)6-7-13/h10H,3-6,8-9H2,1-2H3,(H,15,16). The molecule has 0 heterocycles. The van der Waals surface area contributed by atoms with Gasteiger partial charge in [0.1, 0.15) is 0 Å². The summed E-state index contributed by atoms with van der Waals surface area (Å²) in [5.74, 6) is -1.08. The lowest BCUT2D eigenvalue weighted by Gasteiger charge is -2.26. The normalized spacial score (nSPS) is 19.1. The van der Waals surface area contributed by atoms with Crippen molar-refractivity contribution in [1.82, 2.24) is 4.90 Å². The predicted octanol–water partition coefficient (Wildman–Crippen LogP) is 1.72. The monoisotopic (exact) mass is 224 g/mol. The van der Waals surface area contributed by atoms with Gasteiger partial charge in [0.15, 0.2) is 0 Å². The molecule has 1 rings (SSSR count). The smallest absolute Gasteiger partial charge is 0.307 e. The summed E-state index contributed by atoms with van der Waals surface area (Å²) in [5.41, 5.74) is 0.170. The molecule has 1 aliphatic carbocycles. The predicted molar refractivity (Wildman–Crippen MR) is 60.8 cm³/mol. The number of carboxylic acid groups (broad SMARTS) is 1. The number of nitriles is 1. The van der Waals surface area contributed by atoms with Crippen LogP contribution in [0.25, 0.3) is 0 Å². The second-order valence-electron chi connectivity index (χ2n) is 4.90. The first-order valence-electron chi connectivity index (χ1n) is 5.85. The number of carbonyl (C=O) groups is 1. The van der Waals surface area contributed by atoms with E-state index >= 15 is 0 Å². The van der Waals surface area contributed by atoms with Crippen LogP contribution in [0.2, 0.25) is 0 Å². The first kappa shape index (κ1) is 13.0. The van der Waals surface area contributed by atoms with Crippen molar-refractivity contribution in [3.8, 4) is 6.07 Å². The molecule has 0 aromatic carbocycles. The Labute approximate surface area is 96.9 Å². The molecule has 0 aromatic rings. The first-order chi connectivity index (χ1) is 7.53. The van der Waals surface area contributed by atoms with Gasteiger partial charge in [0.05, 0.1) is 12.0 Å². The van der Waals surface area contributed by atoms with Crippen molar-refractivity contribution in [2.24, 2.45) is 11.3 Å². The highest BCUT2D eigenvalue weighted by Crippen LogP contribution is 2.49. The van der Waals surface area contributed by atoms with Crippen molar-refractivity contribution in [1.29, 1.82) is 5.26 Å². The van der Waals surface area contributed by atoms with E-state index in [1.807, 2.05) is 6.92 Å². The summed E-state index contributed by atoms with van der Waals surface area (Å²) in [6.45, 7) is 6.07. The molecular formula is C12H20N2O2. The van der Waals surface area contributed by atoms with Gasteiger partial charge in [-0.25, -0.2) is 0 Å². The third-order valence-electron chi connectivity index (χ3n) is 3.37. The van der Waals surface area contributed by atoms with Gasteiger partial charge in [-0.3, -0.25) is 4.79 Å². The van der Waals surface area contributed by atoms with E-state index in [2.05, 4.69) is 11.0 Å².